The summed E-state index contributed by atoms with van der Waals surface area (Å²) < 4.78 is 0. The van der Waals surface area contributed by atoms with Gasteiger partial charge in [0.2, 0.25) is 5.91 Å². The fourth-order valence-electron chi connectivity index (χ4n) is 2.57. The highest BCUT2D eigenvalue weighted by atomic mass is 16.4. The zero-order valence-electron chi connectivity index (χ0n) is 11.9. The Labute approximate surface area is 128 Å². The molecule has 1 N–H and O–H groups in total. The van der Waals surface area contributed by atoms with Gasteiger partial charge < -0.3 is 10.0 Å². The number of aromatic carboxylic acids is 1. The molecule has 0 aliphatic carbocycles. The Kier molecular flexibility index (Phi) is 3.74. The van der Waals surface area contributed by atoms with Gasteiger partial charge in [0.15, 0.2) is 0 Å². The van der Waals surface area contributed by atoms with E-state index in [2.05, 4.69) is 0 Å². The van der Waals surface area contributed by atoms with E-state index >= 15 is 0 Å². The molecule has 4 nitrogen and oxygen atoms in total. The van der Waals surface area contributed by atoms with Crippen LogP contribution in [0.2, 0.25) is 0 Å². The number of benzene rings is 2. The molecule has 2 aromatic carbocycles. The van der Waals surface area contributed by atoms with E-state index in [4.69, 9.17) is 0 Å². The van der Waals surface area contributed by atoms with Crippen LogP contribution in [0.1, 0.15) is 27.0 Å². The van der Waals surface area contributed by atoms with Crippen LogP contribution in [0.5, 0.6) is 0 Å². The highest BCUT2D eigenvalue weighted by Crippen LogP contribution is 2.20. The van der Waals surface area contributed by atoms with E-state index in [0.29, 0.717) is 12.1 Å². The van der Waals surface area contributed by atoms with Crippen LogP contribution >= 0.6 is 0 Å². The zero-order chi connectivity index (χ0) is 15.5. The van der Waals surface area contributed by atoms with Crippen molar-refractivity contribution in [2.75, 3.05) is 0 Å². The Morgan fingerprint density at radius 3 is 2.59 bits per heavy atom. The zero-order valence-corrected chi connectivity index (χ0v) is 11.9. The van der Waals surface area contributed by atoms with Crippen LogP contribution in [-0.4, -0.2) is 21.9 Å². The first kappa shape index (κ1) is 14.1. The van der Waals surface area contributed by atoms with Crippen molar-refractivity contribution in [3.8, 4) is 0 Å². The van der Waals surface area contributed by atoms with Crippen molar-refractivity contribution in [2.45, 2.75) is 13.0 Å². The van der Waals surface area contributed by atoms with Gasteiger partial charge in [-0.2, -0.15) is 0 Å². The number of carbonyl (C=O) groups excluding carboxylic acids is 1. The molecule has 0 saturated carbocycles. The summed E-state index contributed by atoms with van der Waals surface area (Å²) in [5.74, 6) is -1.12. The van der Waals surface area contributed by atoms with Crippen molar-refractivity contribution in [1.29, 1.82) is 0 Å². The third-order valence-corrected chi connectivity index (χ3v) is 3.74. The summed E-state index contributed by atoms with van der Waals surface area (Å²) in [7, 11) is 0. The van der Waals surface area contributed by atoms with Crippen LogP contribution in [0.25, 0.3) is 6.08 Å². The van der Waals surface area contributed by atoms with E-state index in [-0.39, 0.29) is 17.9 Å². The van der Waals surface area contributed by atoms with Crippen LogP contribution in [0.15, 0.2) is 54.7 Å². The van der Waals surface area contributed by atoms with Gasteiger partial charge in [-0.25, -0.2) is 4.79 Å². The Morgan fingerprint density at radius 1 is 1.05 bits per heavy atom. The van der Waals surface area contributed by atoms with Gasteiger partial charge in [0, 0.05) is 6.20 Å². The Hall–Kier alpha value is -2.88. The van der Waals surface area contributed by atoms with Gasteiger partial charge in [-0.15, -0.1) is 0 Å². The van der Waals surface area contributed by atoms with Crippen molar-refractivity contribution in [1.82, 2.24) is 4.90 Å². The number of amides is 1. The monoisotopic (exact) mass is 293 g/mol. The number of carboxylic acids is 1. The summed E-state index contributed by atoms with van der Waals surface area (Å²) in [6.45, 7) is 0.515. The lowest BCUT2D eigenvalue weighted by Crippen LogP contribution is -2.29. The van der Waals surface area contributed by atoms with E-state index in [1.165, 1.54) is 6.07 Å². The molecule has 0 spiro atoms. The predicted octanol–water partition coefficient (Wildman–Crippen LogP) is 2.94. The van der Waals surface area contributed by atoms with Crippen LogP contribution < -0.4 is 0 Å². The molecule has 22 heavy (non-hydrogen) atoms. The Bertz CT molecular complexity index is 764. The van der Waals surface area contributed by atoms with Crippen molar-refractivity contribution in [3.05, 3.63) is 77.0 Å². The average Bonchev–Trinajstić information content (AvgIpc) is 2.54. The summed E-state index contributed by atoms with van der Waals surface area (Å²) in [5, 5.41) is 9.18. The molecule has 0 unspecified atom stereocenters. The normalized spacial score (nSPS) is 12.8. The predicted molar refractivity (Wildman–Crippen MR) is 83.1 cm³/mol. The smallest absolute Gasteiger partial charge is 0.335 e. The molecule has 3 rings (SSSR count). The summed E-state index contributed by atoms with van der Waals surface area (Å²) in [6.07, 6.45) is 3.74. The number of fused-ring (bicyclic) bond motifs is 1. The first-order valence-electron chi connectivity index (χ1n) is 7.02. The van der Waals surface area contributed by atoms with Crippen LogP contribution in [0.4, 0.5) is 0 Å². The van der Waals surface area contributed by atoms with Crippen LogP contribution in [0.3, 0.4) is 0 Å². The lowest BCUT2D eigenvalue weighted by atomic mass is 10.0. The van der Waals surface area contributed by atoms with Gasteiger partial charge in [0.05, 0.1) is 18.5 Å². The highest BCUT2D eigenvalue weighted by Gasteiger charge is 2.19. The molecular formula is C18H15NO3. The molecule has 0 fully saturated rings. The molecule has 110 valence electrons. The number of carbonyl (C=O) groups is 2. The van der Waals surface area contributed by atoms with Gasteiger partial charge in [0.25, 0.3) is 0 Å². The van der Waals surface area contributed by atoms with Crippen molar-refractivity contribution in [2.24, 2.45) is 0 Å². The lowest BCUT2D eigenvalue weighted by molar-refractivity contribution is -0.128. The molecule has 1 aliphatic heterocycles. The second kappa shape index (κ2) is 5.85. The van der Waals surface area contributed by atoms with Crippen LogP contribution in [-0.2, 0) is 17.8 Å². The van der Waals surface area contributed by atoms with E-state index in [1.807, 2.05) is 30.3 Å². The minimum atomic E-state index is -1.01. The van der Waals surface area contributed by atoms with E-state index in [0.717, 1.165) is 11.1 Å². The van der Waals surface area contributed by atoms with Gasteiger partial charge in [-0.05, 0) is 28.8 Å². The Balaban J connectivity index is 1.78. The highest BCUT2D eigenvalue weighted by molar-refractivity contribution is 5.92. The standard InChI is InChI=1S/C18H15NO3/c20-17(11-14-6-3-4-8-16(14)18(21)22)19-10-9-13-5-1-2-7-15(13)12-19/h1-10H,11-12H2,(H,21,22). The van der Waals surface area contributed by atoms with Crippen molar-refractivity contribution < 1.29 is 14.7 Å². The number of carboxylic acid groups (broad SMARTS) is 1. The molecule has 0 atom stereocenters. The maximum Gasteiger partial charge on any atom is 0.335 e. The fourth-order valence-corrected chi connectivity index (χ4v) is 2.57. The summed E-state index contributed by atoms with van der Waals surface area (Å²) in [6, 6.07) is 14.5. The molecule has 0 radical (unpaired) electrons. The molecule has 0 aromatic heterocycles. The first-order chi connectivity index (χ1) is 10.6. The lowest BCUT2D eigenvalue weighted by Gasteiger charge is -2.23. The topological polar surface area (TPSA) is 57.6 Å². The summed E-state index contributed by atoms with van der Waals surface area (Å²) in [5.41, 5.74) is 2.91. The molecule has 0 bridgehead atoms. The maximum atomic E-state index is 12.4. The quantitative estimate of drug-likeness (QED) is 0.946. The van der Waals surface area contributed by atoms with Crippen molar-refractivity contribution in [3.63, 3.8) is 0 Å². The molecule has 4 heteroatoms. The van der Waals surface area contributed by atoms with Crippen LogP contribution in [0, 0.1) is 0 Å². The molecule has 2 aromatic rings. The number of rotatable bonds is 3. The molecular weight excluding hydrogens is 278 g/mol. The van der Waals surface area contributed by atoms with E-state index < -0.39 is 5.97 Å². The largest absolute Gasteiger partial charge is 0.478 e. The maximum absolute atomic E-state index is 12.4. The van der Waals surface area contributed by atoms with Gasteiger partial charge in [0.1, 0.15) is 0 Å². The minimum absolute atomic E-state index is 0.0784. The first-order valence-corrected chi connectivity index (χ1v) is 7.02. The van der Waals surface area contributed by atoms with E-state index in [9.17, 15) is 14.7 Å². The van der Waals surface area contributed by atoms with E-state index in [1.54, 1.807) is 29.3 Å². The van der Waals surface area contributed by atoms with Gasteiger partial charge >= 0.3 is 5.97 Å². The summed E-state index contributed by atoms with van der Waals surface area (Å²) in [4.78, 5) is 25.3. The molecule has 1 aliphatic rings. The Morgan fingerprint density at radius 2 is 1.77 bits per heavy atom. The number of hydrogen-bond donors (Lipinski definition) is 1. The molecule has 0 saturated heterocycles. The SMILES string of the molecule is O=C(O)c1ccccc1CC(=O)N1C=Cc2ccccc2C1. The number of nitrogens with zero attached hydrogens (tertiary/aromatic N) is 1. The van der Waals surface area contributed by atoms with Gasteiger partial charge in [-0.3, -0.25) is 4.79 Å². The third kappa shape index (κ3) is 2.76. The second-order valence-electron chi connectivity index (χ2n) is 5.18. The molecule has 1 amide bonds. The average molecular weight is 293 g/mol. The number of hydrogen-bond acceptors (Lipinski definition) is 2. The van der Waals surface area contributed by atoms with Gasteiger partial charge in [-0.1, -0.05) is 42.5 Å². The minimum Gasteiger partial charge on any atom is -0.478 e. The van der Waals surface area contributed by atoms with Crippen molar-refractivity contribution >= 4 is 18.0 Å². The molecule has 1 heterocycles. The fraction of sp³-hybridized carbons (Fsp3) is 0.111. The third-order valence-electron chi connectivity index (χ3n) is 3.74. The second-order valence-corrected chi connectivity index (χ2v) is 5.18. The summed E-state index contributed by atoms with van der Waals surface area (Å²) >= 11 is 0.